The highest BCUT2D eigenvalue weighted by molar-refractivity contribution is 5.77. The van der Waals surface area contributed by atoms with Crippen LogP contribution < -0.4 is 0 Å². The summed E-state index contributed by atoms with van der Waals surface area (Å²) < 4.78 is 4.05. The molecule has 3 aromatic rings. The van der Waals surface area contributed by atoms with Crippen LogP contribution in [0.4, 0.5) is 0 Å². The summed E-state index contributed by atoms with van der Waals surface area (Å²) in [6, 6.07) is 6.65. The molecule has 6 heteroatoms. The molecule has 1 saturated heterocycles. The molecule has 1 aromatic carbocycles. The molecule has 3 heterocycles. The minimum atomic E-state index is -0.400. The number of hydrogen-bond donors (Lipinski definition) is 1. The molecular weight excluding hydrogens is 302 g/mol. The molecule has 0 radical (unpaired) electrons. The molecule has 24 heavy (non-hydrogen) atoms. The molecule has 126 valence electrons. The lowest BCUT2D eigenvalue weighted by Crippen LogP contribution is -2.51. The Kier molecular flexibility index (Phi) is 3.86. The summed E-state index contributed by atoms with van der Waals surface area (Å²) in [4.78, 5) is 6.73. The SMILES string of the molecule is Cc1cc2ncn(CC(O)CN3CC(n4cccn4)C3)c2cc1C. The van der Waals surface area contributed by atoms with E-state index in [1.165, 1.54) is 11.1 Å². The number of nitrogens with zero attached hydrogens (tertiary/aromatic N) is 5. The summed E-state index contributed by atoms with van der Waals surface area (Å²) in [5.41, 5.74) is 4.59. The second-order valence-corrected chi connectivity index (χ2v) is 6.83. The molecule has 4 rings (SSSR count). The van der Waals surface area contributed by atoms with Crippen molar-refractivity contribution in [2.24, 2.45) is 0 Å². The second kappa shape index (κ2) is 6.03. The number of benzene rings is 1. The van der Waals surface area contributed by atoms with Crippen LogP contribution in [0.2, 0.25) is 0 Å². The normalized spacial score (nSPS) is 17.3. The zero-order valence-corrected chi connectivity index (χ0v) is 14.1. The molecule has 0 bridgehead atoms. The first-order chi connectivity index (χ1) is 11.6. The summed E-state index contributed by atoms with van der Waals surface area (Å²) in [6.45, 7) is 7.36. The van der Waals surface area contributed by atoms with E-state index in [0.29, 0.717) is 19.1 Å². The van der Waals surface area contributed by atoms with Gasteiger partial charge in [-0.2, -0.15) is 5.10 Å². The highest BCUT2D eigenvalue weighted by Crippen LogP contribution is 2.21. The van der Waals surface area contributed by atoms with Crippen molar-refractivity contribution in [3.05, 3.63) is 48.0 Å². The smallest absolute Gasteiger partial charge is 0.0959 e. The van der Waals surface area contributed by atoms with Crippen LogP contribution in [-0.4, -0.2) is 55.1 Å². The van der Waals surface area contributed by atoms with E-state index in [1.54, 1.807) is 0 Å². The number of aryl methyl sites for hydroxylation is 2. The summed E-state index contributed by atoms with van der Waals surface area (Å²) in [7, 11) is 0. The van der Waals surface area contributed by atoms with Gasteiger partial charge in [0, 0.05) is 32.0 Å². The van der Waals surface area contributed by atoms with Crippen molar-refractivity contribution >= 4 is 11.0 Å². The largest absolute Gasteiger partial charge is 0.390 e. The van der Waals surface area contributed by atoms with E-state index in [-0.39, 0.29) is 0 Å². The van der Waals surface area contributed by atoms with Gasteiger partial charge in [0.1, 0.15) is 0 Å². The van der Waals surface area contributed by atoms with Crippen LogP contribution in [0.25, 0.3) is 11.0 Å². The summed E-state index contributed by atoms with van der Waals surface area (Å²) in [5, 5.41) is 14.7. The van der Waals surface area contributed by atoms with Gasteiger partial charge in [0.15, 0.2) is 0 Å². The Balaban J connectivity index is 1.37. The molecule has 1 aliphatic rings. The highest BCUT2D eigenvalue weighted by Gasteiger charge is 2.29. The van der Waals surface area contributed by atoms with Crippen molar-refractivity contribution in [2.45, 2.75) is 32.5 Å². The Bertz CT molecular complexity index is 833. The minimum Gasteiger partial charge on any atom is -0.390 e. The zero-order chi connectivity index (χ0) is 16.7. The van der Waals surface area contributed by atoms with Gasteiger partial charge >= 0.3 is 0 Å². The number of imidazole rings is 1. The van der Waals surface area contributed by atoms with Crippen molar-refractivity contribution in [3.8, 4) is 0 Å². The monoisotopic (exact) mass is 325 g/mol. The maximum atomic E-state index is 10.4. The van der Waals surface area contributed by atoms with E-state index in [4.69, 9.17) is 0 Å². The Morgan fingerprint density at radius 1 is 1.21 bits per heavy atom. The Morgan fingerprint density at radius 3 is 2.75 bits per heavy atom. The van der Waals surface area contributed by atoms with Crippen molar-refractivity contribution in [1.82, 2.24) is 24.2 Å². The van der Waals surface area contributed by atoms with Crippen molar-refractivity contribution in [3.63, 3.8) is 0 Å². The lowest BCUT2D eigenvalue weighted by molar-refractivity contribution is 0.0344. The van der Waals surface area contributed by atoms with E-state index >= 15 is 0 Å². The van der Waals surface area contributed by atoms with Crippen molar-refractivity contribution in [2.75, 3.05) is 19.6 Å². The lowest BCUT2D eigenvalue weighted by atomic mass is 10.1. The third kappa shape index (κ3) is 2.83. The summed E-state index contributed by atoms with van der Waals surface area (Å²) in [6.07, 6.45) is 5.24. The summed E-state index contributed by atoms with van der Waals surface area (Å²) >= 11 is 0. The van der Waals surface area contributed by atoms with Crippen LogP contribution in [0.1, 0.15) is 17.2 Å². The molecule has 0 saturated carbocycles. The van der Waals surface area contributed by atoms with Gasteiger partial charge < -0.3 is 9.67 Å². The molecule has 1 fully saturated rings. The fraction of sp³-hybridized carbons (Fsp3) is 0.444. The predicted molar refractivity (Wildman–Crippen MR) is 92.9 cm³/mol. The molecular formula is C18H23N5O. The first kappa shape index (κ1) is 15.4. The summed E-state index contributed by atoms with van der Waals surface area (Å²) in [5.74, 6) is 0. The molecule has 1 aliphatic heterocycles. The van der Waals surface area contributed by atoms with E-state index in [9.17, 15) is 5.11 Å². The first-order valence-electron chi connectivity index (χ1n) is 8.42. The van der Waals surface area contributed by atoms with Gasteiger partial charge in [-0.25, -0.2) is 4.98 Å². The van der Waals surface area contributed by atoms with E-state index in [2.05, 4.69) is 45.5 Å². The molecule has 0 spiro atoms. The zero-order valence-electron chi connectivity index (χ0n) is 14.1. The fourth-order valence-corrected chi connectivity index (χ4v) is 3.40. The number of fused-ring (bicyclic) bond motifs is 1. The number of likely N-dealkylation sites (tertiary alicyclic amines) is 1. The van der Waals surface area contributed by atoms with Crippen molar-refractivity contribution < 1.29 is 5.11 Å². The third-order valence-corrected chi connectivity index (χ3v) is 4.95. The molecule has 1 unspecified atom stereocenters. The number of aromatic nitrogens is 4. The predicted octanol–water partition coefficient (Wildman–Crippen LogP) is 1.77. The maximum absolute atomic E-state index is 10.4. The Labute approximate surface area is 141 Å². The van der Waals surface area contributed by atoms with Crippen LogP contribution in [-0.2, 0) is 6.54 Å². The maximum Gasteiger partial charge on any atom is 0.0959 e. The van der Waals surface area contributed by atoms with Gasteiger partial charge in [-0.3, -0.25) is 9.58 Å². The number of aliphatic hydroxyl groups is 1. The van der Waals surface area contributed by atoms with Crippen molar-refractivity contribution in [1.29, 1.82) is 0 Å². The van der Waals surface area contributed by atoms with Gasteiger partial charge in [0.2, 0.25) is 0 Å². The molecule has 6 nitrogen and oxygen atoms in total. The number of hydrogen-bond acceptors (Lipinski definition) is 4. The number of aliphatic hydroxyl groups excluding tert-OH is 1. The highest BCUT2D eigenvalue weighted by atomic mass is 16.3. The van der Waals surface area contributed by atoms with Crippen LogP contribution >= 0.6 is 0 Å². The van der Waals surface area contributed by atoms with Crippen LogP contribution in [0.15, 0.2) is 36.9 Å². The topological polar surface area (TPSA) is 59.1 Å². The second-order valence-electron chi connectivity index (χ2n) is 6.83. The van der Waals surface area contributed by atoms with E-state index in [0.717, 1.165) is 24.1 Å². The molecule has 1 N–H and O–H groups in total. The van der Waals surface area contributed by atoms with Crippen LogP contribution in [0, 0.1) is 13.8 Å². The van der Waals surface area contributed by atoms with Gasteiger partial charge in [0.25, 0.3) is 0 Å². The lowest BCUT2D eigenvalue weighted by Gasteiger charge is -2.40. The fourth-order valence-electron chi connectivity index (χ4n) is 3.40. The van der Waals surface area contributed by atoms with Crippen LogP contribution in [0.3, 0.4) is 0 Å². The number of rotatable bonds is 5. The minimum absolute atomic E-state index is 0.400. The first-order valence-corrected chi connectivity index (χ1v) is 8.42. The average molecular weight is 325 g/mol. The van der Waals surface area contributed by atoms with E-state index in [1.807, 2.05) is 29.5 Å². The number of β-amino-alcohol motifs (C(OH)–C–C–N with tert-alkyl or cyclic N) is 1. The molecule has 1 atom stereocenters. The molecule has 2 aromatic heterocycles. The van der Waals surface area contributed by atoms with Gasteiger partial charge in [0.05, 0.1) is 36.1 Å². The van der Waals surface area contributed by atoms with Crippen LogP contribution in [0.5, 0.6) is 0 Å². The standard InChI is InChI=1S/C18H23N5O/c1-13-6-17-18(7-14(13)2)22(12-19-17)11-16(24)10-21-8-15(9-21)23-5-3-4-20-23/h3-7,12,15-16,24H,8-11H2,1-2H3. The molecule has 0 aliphatic carbocycles. The molecule has 0 amide bonds. The van der Waals surface area contributed by atoms with Gasteiger partial charge in [-0.15, -0.1) is 0 Å². The van der Waals surface area contributed by atoms with Gasteiger partial charge in [-0.05, 0) is 43.2 Å². The van der Waals surface area contributed by atoms with E-state index < -0.39 is 6.10 Å². The Morgan fingerprint density at radius 2 is 2.00 bits per heavy atom. The van der Waals surface area contributed by atoms with Gasteiger partial charge in [-0.1, -0.05) is 0 Å². The quantitative estimate of drug-likeness (QED) is 0.777. The average Bonchev–Trinajstić information content (AvgIpc) is 3.14. The Hall–Kier alpha value is -2.18. The third-order valence-electron chi connectivity index (χ3n) is 4.95.